The number of aryl methyl sites for hydroxylation is 1. The molecule has 1 fully saturated rings. The normalized spacial score (nSPS) is 21.7. The molecule has 3 heteroatoms. The zero-order valence-electron chi connectivity index (χ0n) is 11.2. The lowest BCUT2D eigenvalue weighted by molar-refractivity contribution is -0.136. The van der Waals surface area contributed by atoms with Crippen LogP contribution in [0.15, 0.2) is 24.3 Å². The number of nitrogens with zero attached hydrogens (tertiary/aromatic N) is 1. The Labute approximate surface area is 109 Å². The van der Waals surface area contributed by atoms with Crippen molar-refractivity contribution >= 4 is 5.91 Å². The first-order valence-corrected chi connectivity index (χ1v) is 6.72. The Bertz CT molecular complexity index is 411. The fourth-order valence-corrected chi connectivity index (χ4v) is 2.59. The third kappa shape index (κ3) is 2.72. The predicted molar refractivity (Wildman–Crippen MR) is 73.1 cm³/mol. The summed E-state index contributed by atoms with van der Waals surface area (Å²) in [5.41, 5.74) is 8.22. The second kappa shape index (κ2) is 5.53. The molecule has 1 aromatic carbocycles. The number of carbonyl (C=O) groups is 1. The summed E-state index contributed by atoms with van der Waals surface area (Å²) in [7, 11) is 0. The third-order valence-electron chi connectivity index (χ3n) is 3.64. The molecule has 1 aliphatic heterocycles. The molecule has 1 aliphatic rings. The molecule has 2 rings (SSSR count). The maximum atomic E-state index is 12.1. The molecule has 1 aromatic rings. The van der Waals surface area contributed by atoms with E-state index in [1.807, 2.05) is 4.90 Å². The highest BCUT2D eigenvalue weighted by Gasteiger charge is 2.29. The first-order valence-electron chi connectivity index (χ1n) is 6.72. The quantitative estimate of drug-likeness (QED) is 0.871. The van der Waals surface area contributed by atoms with Gasteiger partial charge in [0.2, 0.25) is 5.91 Å². The van der Waals surface area contributed by atoms with E-state index in [1.165, 1.54) is 17.5 Å². The van der Waals surface area contributed by atoms with Crippen LogP contribution in [-0.2, 0) is 4.79 Å². The minimum atomic E-state index is -0.406. The number of benzene rings is 1. The SMILES string of the molecule is Cc1ccc(C2CCCCN2C(=O)[C@H](C)N)cc1. The highest BCUT2D eigenvalue weighted by Crippen LogP contribution is 2.31. The van der Waals surface area contributed by atoms with Gasteiger partial charge in [0, 0.05) is 6.54 Å². The van der Waals surface area contributed by atoms with Crippen molar-refractivity contribution in [3.05, 3.63) is 35.4 Å². The van der Waals surface area contributed by atoms with Gasteiger partial charge in [0.1, 0.15) is 0 Å². The lowest BCUT2D eigenvalue weighted by atomic mass is 9.94. The van der Waals surface area contributed by atoms with Crippen LogP contribution in [0, 0.1) is 6.92 Å². The van der Waals surface area contributed by atoms with E-state index in [0.717, 1.165) is 19.4 Å². The fraction of sp³-hybridized carbons (Fsp3) is 0.533. The van der Waals surface area contributed by atoms with Gasteiger partial charge in [0.25, 0.3) is 0 Å². The van der Waals surface area contributed by atoms with Crippen molar-refractivity contribution in [3.8, 4) is 0 Å². The van der Waals surface area contributed by atoms with Crippen LogP contribution < -0.4 is 5.73 Å². The van der Waals surface area contributed by atoms with E-state index < -0.39 is 6.04 Å². The van der Waals surface area contributed by atoms with E-state index in [1.54, 1.807) is 6.92 Å². The topological polar surface area (TPSA) is 46.3 Å². The number of hydrogen-bond donors (Lipinski definition) is 1. The van der Waals surface area contributed by atoms with Gasteiger partial charge in [-0.3, -0.25) is 4.79 Å². The number of carbonyl (C=O) groups excluding carboxylic acids is 1. The Kier molecular flexibility index (Phi) is 4.02. The molecule has 0 radical (unpaired) electrons. The Balaban J connectivity index is 2.22. The number of likely N-dealkylation sites (tertiary alicyclic amines) is 1. The number of nitrogens with two attached hydrogens (primary N) is 1. The number of hydrogen-bond acceptors (Lipinski definition) is 2. The zero-order valence-corrected chi connectivity index (χ0v) is 11.2. The van der Waals surface area contributed by atoms with Crippen molar-refractivity contribution in [2.75, 3.05) is 6.54 Å². The van der Waals surface area contributed by atoms with Gasteiger partial charge in [-0.2, -0.15) is 0 Å². The number of rotatable bonds is 2. The van der Waals surface area contributed by atoms with E-state index >= 15 is 0 Å². The largest absolute Gasteiger partial charge is 0.334 e. The van der Waals surface area contributed by atoms with Gasteiger partial charge in [0.05, 0.1) is 12.1 Å². The molecule has 1 heterocycles. The van der Waals surface area contributed by atoms with Crippen molar-refractivity contribution < 1.29 is 4.79 Å². The molecule has 0 spiro atoms. The highest BCUT2D eigenvalue weighted by molar-refractivity contribution is 5.81. The van der Waals surface area contributed by atoms with Crippen LogP contribution in [0.1, 0.15) is 43.4 Å². The molecule has 0 aromatic heterocycles. The van der Waals surface area contributed by atoms with Crippen LogP contribution in [-0.4, -0.2) is 23.4 Å². The molecule has 98 valence electrons. The van der Waals surface area contributed by atoms with Gasteiger partial charge in [-0.1, -0.05) is 29.8 Å². The van der Waals surface area contributed by atoms with Gasteiger partial charge in [0.15, 0.2) is 0 Å². The third-order valence-corrected chi connectivity index (χ3v) is 3.64. The highest BCUT2D eigenvalue weighted by atomic mass is 16.2. The molecule has 1 unspecified atom stereocenters. The second-order valence-electron chi connectivity index (χ2n) is 5.24. The van der Waals surface area contributed by atoms with Crippen LogP contribution >= 0.6 is 0 Å². The van der Waals surface area contributed by atoms with Crippen molar-refractivity contribution in [3.63, 3.8) is 0 Å². The molecule has 0 bridgehead atoms. The molecular formula is C15H22N2O. The Hall–Kier alpha value is -1.35. The monoisotopic (exact) mass is 246 g/mol. The van der Waals surface area contributed by atoms with Crippen LogP contribution in [0.25, 0.3) is 0 Å². The second-order valence-corrected chi connectivity index (χ2v) is 5.24. The van der Waals surface area contributed by atoms with E-state index in [4.69, 9.17) is 5.73 Å². The van der Waals surface area contributed by atoms with Gasteiger partial charge in [-0.05, 0) is 38.7 Å². The Morgan fingerprint density at radius 3 is 2.61 bits per heavy atom. The molecule has 1 amide bonds. The molecule has 2 atom stereocenters. The molecular weight excluding hydrogens is 224 g/mol. The first kappa shape index (κ1) is 13.1. The van der Waals surface area contributed by atoms with Crippen LogP contribution in [0.3, 0.4) is 0 Å². The van der Waals surface area contributed by atoms with Gasteiger partial charge in [-0.15, -0.1) is 0 Å². The van der Waals surface area contributed by atoms with E-state index in [2.05, 4.69) is 31.2 Å². The van der Waals surface area contributed by atoms with Crippen molar-refractivity contribution in [1.82, 2.24) is 4.90 Å². The smallest absolute Gasteiger partial charge is 0.239 e. The molecule has 2 N–H and O–H groups in total. The summed E-state index contributed by atoms with van der Waals surface area (Å²) in [5.74, 6) is 0.0697. The molecule has 0 saturated carbocycles. The summed E-state index contributed by atoms with van der Waals surface area (Å²) in [4.78, 5) is 14.1. The summed E-state index contributed by atoms with van der Waals surface area (Å²) >= 11 is 0. The lowest BCUT2D eigenvalue weighted by Crippen LogP contribution is -2.46. The van der Waals surface area contributed by atoms with Gasteiger partial charge >= 0.3 is 0 Å². The average molecular weight is 246 g/mol. The maximum absolute atomic E-state index is 12.1. The maximum Gasteiger partial charge on any atom is 0.239 e. The van der Waals surface area contributed by atoms with E-state index in [-0.39, 0.29) is 11.9 Å². The number of amides is 1. The molecule has 18 heavy (non-hydrogen) atoms. The Morgan fingerprint density at radius 2 is 2.00 bits per heavy atom. The summed E-state index contributed by atoms with van der Waals surface area (Å²) in [6.07, 6.45) is 3.31. The van der Waals surface area contributed by atoms with E-state index in [0.29, 0.717) is 0 Å². The summed E-state index contributed by atoms with van der Waals surface area (Å²) in [5, 5.41) is 0. The van der Waals surface area contributed by atoms with Crippen LogP contribution in [0.2, 0.25) is 0 Å². The first-order chi connectivity index (χ1) is 8.59. The zero-order chi connectivity index (χ0) is 13.1. The number of piperidine rings is 1. The van der Waals surface area contributed by atoms with Gasteiger partial charge < -0.3 is 10.6 Å². The minimum absolute atomic E-state index is 0.0697. The molecule has 0 aliphatic carbocycles. The average Bonchev–Trinajstić information content (AvgIpc) is 2.39. The lowest BCUT2D eigenvalue weighted by Gasteiger charge is -2.37. The summed E-state index contributed by atoms with van der Waals surface area (Å²) < 4.78 is 0. The van der Waals surface area contributed by atoms with Crippen molar-refractivity contribution in [1.29, 1.82) is 0 Å². The summed E-state index contributed by atoms with van der Waals surface area (Å²) in [6, 6.07) is 8.28. The van der Waals surface area contributed by atoms with Crippen LogP contribution in [0.5, 0.6) is 0 Å². The van der Waals surface area contributed by atoms with E-state index in [9.17, 15) is 4.79 Å². The van der Waals surface area contributed by atoms with Crippen LogP contribution in [0.4, 0.5) is 0 Å². The summed E-state index contributed by atoms with van der Waals surface area (Å²) in [6.45, 7) is 4.68. The standard InChI is InChI=1S/C15H22N2O/c1-11-6-8-13(9-7-11)14-5-3-4-10-17(14)15(18)12(2)16/h6-9,12,14H,3-5,10,16H2,1-2H3/t12-,14?/m0/s1. The molecule has 3 nitrogen and oxygen atoms in total. The minimum Gasteiger partial charge on any atom is -0.334 e. The fourth-order valence-electron chi connectivity index (χ4n) is 2.59. The van der Waals surface area contributed by atoms with Gasteiger partial charge in [-0.25, -0.2) is 0 Å². The van der Waals surface area contributed by atoms with Crippen molar-refractivity contribution in [2.45, 2.75) is 45.2 Å². The Morgan fingerprint density at radius 1 is 1.33 bits per heavy atom. The molecule has 1 saturated heterocycles. The van der Waals surface area contributed by atoms with Crippen molar-refractivity contribution in [2.24, 2.45) is 5.73 Å². The predicted octanol–water partition coefficient (Wildman–Crippen LogP) is 2.40.